The normalized spacial score (nSPS) is 10.7. The third-order valence-electron chi connectivity index (χ3n) is 4.01. The van der Waals surface area contributed by atoms with Crippen LogP contribution in [0.25, 0.3) is 11.5 Å². The molecular weight excluding hydrogens is 335 g/mol. The zero-order chi connectivity index (χ0) is 18.4. The fraction of sp³-hybridized carbons (Fsp3) is 0.250. The molecule has 0 aliphatic carbocycles. The summed E-state index contributed by atoms with van der Waals surface area (Å²) >= 11 is 0. The molecular formula is C20H21FN2O3. The minimum atomic E-state index is -0.279. The summed E-state index contributed by atoms with van der Waals surface area (Å²) in [6, 6.07) is 11.8. The summed E-state index contributed by atoms with van der Waals surface area (Å²) in [7, 11) is 3.27. The summed E-state index contributed by atoms with van der Waals surface area (Å²) in [5.74, 6) is 1.77. The number of benzene rings is 2. The molecule has 0 saturated heterocycles. The number of hydrogen-bond acceptors (Lipinski definition) is 5. The van der Waals surface area contributed by atoms with E-state index in [1.807, 2.05) is 18.2 Å². The molecule has 0 aliphatic heterocycles. The number of halogens is 1. The summed E-state index contributed by atoms with van der Waals surface area (Å²) < 4.78 is 29.0. The summed E-state index contributed by atoms with van der Waals surface area (Å²) in [5.41, 5.74) is 2.66. The summed E-state index contributed by atoms with van der Waals surface area (Å²) in [5, 5.41) is 3.37. The molecule has 0 aliphatic rings. The molecule has 0 fully saturated rings. The quantitative estimate of drug-likeness (QED) is 0.622. The maximum atomic E-state index is 13.0. The molecule has 1 heterocycles. The summed E-state index contributed by atoms with van der Waals surface area (Å²) in [4.78, 5) is 4.44. The third kappa shape index (κ3) is 4.40. The van der Waals surface area contributed by atoms with Crippen LogP contribution in [-0.2, 0) is 13.0 Å². The molecule has 136 valence electrons. The molecule has 6 heteroatoms. The number of methoxy groups -OCH3 is 2. The SMILES string of the molecule is COc1ccc(CNCCc2coc(-c3ccc(F)cc3)n2)c(OC)c1. The number of nitrogens with one attached hydrogen (secondary N) is 1. The topological polar surface area (TPSA) is 56.5 Å². The lowest BCUT2D eigenvalue weighted by molar-refractivity contribution is 0.390. The highest BCUT2D eigenvalue weighted by molar-refractivity contribution is 5.52. The molecule has 0 radical (unpaired) electrons. The van der Waals surface area contributed by atoms with Crippen molar-refractivity contribution in [2.24, 2.45) is 0 Å². The van der Waals surface area contributed by atoms with E-state index in [-0.39, 0.29) is 5.82 Å². The molecule has 3 rings (SSSR count). The average Bonchev–Trinajstić information content (AvgIpc) is 3.14. The average molecular weight is 356 g/mol. The number of aromatic nitrogens is 1. The van der Waals surface area contributed by atoms with Crippen LogP contribution in [0, 0.1) is 5.82 Å². The van der Waals surface area contributed by atoms with Gasteiger partial charge in [0.2, 0.25) is 5.89 Å². The first-order chi connectivity index (χ1) is 12.7. The fourth-order valence-corrected chi connectivity index (χ4v) is 2.58. The lowest BCUT2D eigenvalue weighted by Crippen LogP contribution is -2.17. The number of hydrogen-bond donors (Lipinski definition) is 1. The number of nitrogens with zero attached hydrogens (tertiary/aromatic N) is 1. The second-order valence-corrected chi connectivity index (χ2v) is 5.76. The van der Waals surface area contributed by atoms with Crippen LogP contribution in [0.1, 0.15) is 11.3 Å². The Balaban J connectivity index is 1.52. The zero-order valence-corrected chi connectivity index (χ0v) is 14.8. The van der Waals surface area contributed by atoms with Crippen molar-refractivity contribution in [3.05, 3.63) is 65.8 Å². The van der Waals surface area contributed by atoms with Gasteiger partial charge in [0.05, 0.1) is 19.9 Å². The molecule has 5 nitrogen and oxygen atoms in total. The van der Waals surface area contributed by atoms with Crippen molar-refractivity contribution in [3.63, 3.8) is 0 Å². The standard InChI is InChI=1S/C20H21FN2O3/c1-24-18-8-5-15(19(11-18)25-2)12-22-10-9-17-13-26-20(23-17)14-3-6-16(21)7-4-14/h3-8,11,13,22H,9-10,12H2,1-2H3. The first kappa shape index (κ1) is 17.9. The molecule has 0 spiro atoms. The van der Waals surface area contributed by atoms with Gasteiger partial charge < -0.3 is 19.2 Å². The van der Waals surface area contributed by atoms with E-state index in [1.165, 1.54) is 12.1 Å². The molecule has 0 bridgehead atoms. The Hall–Kier alpha value is -2.86. The van der Waals surface area contributed by atoms with Crippen molar-refractivity contribution < 1.29 is 18.3 Å². The van der Waals surface area contributed by atoms with E-state index in [0.717, 1.165) is 41.3 Å². The van der Waals surface area contributed by atoms with Gasteiger partial charge in [-0.2, -0.15) is 0 Å². The predicted molar refractivity (Wildman–Crippen MR) is 96.9 cm³/mol. The van der Waals surface area contributed by atoms with Crippen LogP contribution in [0.5, 0.6) is 11.5 Å². The lowest BCUT2D eigenvalue weighted by Gasteiger charge is -2.11. The zero-order valence-electron chi connectivity index (χ0n) is 14.8. The van der Waals surface area contributed by atoms with E-state index in [1.54, 1.807) is 32.6 Å². The van der Waals surface area contributed by atoms with Crippen LogP contribution < -0.4 is 14.8 Å². The Morgan fingerprint density at radius 2 is 1.88 bits per heavy atom. The van der Waals surface area contributed by atoms with Gasteiger partial charge >= 0.3 is 0 Å². The van der Waals surface area contributed by atoms with E-state index >= 15 is 0 Å². The molecule has 3 aromatic rings. The van der Waals surface area contributed by atoms with Crippen LogP contribution in [0.3, 0.4) is 0 Å². The van der Waals surface area contributed by atoms with Gasteiger partial charge in [-0.15, -0.1) is 0 Å². The Morgan fingerprint density at radius 3 is 2.62 bits per heavy atom. The van der Waals surface area contributed by atoms with Gasteiger partial charge in [0.15, 0.2) is 0 Å². The van der Waals surface area contributed by atoms with E-state index in [4.69, 9.17) is 13.9 Å². The summed E-state index contributed by atoms with van der Waals surface area (Å²) in [6.07, 6.45) is 2.36. The third-order valence-corrected chi connectivity index (χ3v) is 4.01. The van der Waals surface area contributed by atoms with Gasteiger partial charge in [-0.25, -0.2) is 9.37 Å². The number of rotatable bonds is 8. The first-order valence-corrected chi connectivity index (χ1v) is 8.31. The Morgan fingerprint density at radius 1 is 1.08 bits per heavy atom. The van der Waals surface area contributed by atoms with Crippen molar-refractivity contribution in [2.45, 2.75) is 13.0 Å². The minimum absolute atomic E-state index is 0.279. The Kier molecular flexibility index (Phi) is 5.86. The van der Waals surface area contributed by atoms with E-state index in [9.17, 15) is 4.39 Å². The predicted octanol–water partition coefficient (Wildman–Crippen LogP) is 3.83. The van der Waals surface area contributed by atoms with E-state index < -0.39 is 0 Å². The van der Waals surface area contributed by atoms with Crippen LogP contribution in [0.15, 0.2) is 53.1 Å². The molecule has 0 atom stereocenters. The molecule has 0 unspecified atom stereocenters. The van der Waals surface area contributed by atoms with Crippen molar-refractivity contribution >= 4 is 0 Å². The second-order valence-electron chi connectivity index (χ2n) is 5.76. The van der Waals surface area contributed by atoms with Crippen molar-refractivity contribution in [2.75, 3.05) is 20.8 Å². The fourth-order valence-electron chi connectivity index (χ4n) is 2.58. The monoisotopic (exact) mass is 356 g/mol. The largest absolute Gasteiger partial charge is 0.497 e. The maximum Gasteiger partial charge on any atom is 0.226 e. The highest BCUT2D eigenvalue weighted by Crippen LogP contribution is 2.24. The second kappa shape index (κ2) is 8.49. The van der Waals surface area contributed by atoms with Crippen LogP contribution in [-0.4, -0.2) is 25.7 Å². The van der Waals surface area contributed by atoms with Crippen molar-refractivity contribution in [3.8, 4) is 23.0 Å². The summed E-state index contributed by atoms with van der Waals surface area (Å²) in [6.45, 7) is 1.42. The van der Waals surface area contributed by atoms with Gasteiger partial charge in [-0.3, -0.25) is 0 Å². The van der Waals surface area contributed by atoms with Gasteiger partial charge in [-0.1, -0.05) is 6.07 Å². The number of ether oxygens (including phenoxy) is 2. The van der Waals surface area contributed by atoms with E-state index in [0.29, 0.717) is 12.4 Å². The van der Waals surface area contributed by atoms with Crippen molar-refractivity contribution in [1.29, 1.82) is 0 Å². The maximum absolute atomic E-state index is 13.0. The van der Waals surface area contributed by atoms with Gasteiger partial charge in [0, 0.05) is 36.7 Å². The highest BCUT2D eigenvalue weighted by atomic mass is 19.1. The minimum Gasteiger partial charge on any atom is -0.497 e. The van der Waals surface area contributed by atoms with Crippen LogP contribution in [0.4, 0.5) is 4.39 Å². The molecule has 1 aromatic heterocycles. The molecule has 0 saturated carbocycles. The Labute approximate surface area is 151 Å². The molecule has 1 N–H and O–H groups in total. The van der Waals surface area contributed by atoms with Crippen LogP contribution in [0.2, 0.25) is 0 Å². The molecule has 2 aromatic carbocycles. The molecule has 26 heavy (non-hydrogen) atoms. The van der Waals surface area contributed by atoms with Gasteiger partial charge in [0.1, 0.15) is 23.6 Å². The smallest absolute Gasteiger partial charge is 0.226 e. The first-order valence-electron chi connectivity index (χ1n) is 8.31. The van der Waals surface area contributed by atoms with E-state index in [2.05, 4.69) is 10.3 Å². The van der Waals surface area contributed by atoms with Gasteiger partial charge in [0.25, 0.3) is 0 Å². The lowest BCUT2D eigenvalue weighted by atomic mass is 10.2. The highest BCUT2D eigenvalue weighted by Gasteiger charge is 2.08. The van der Waals surface area contributed by atoms with Crippen LogP contribution >= 0.6 is 0 Å². The Bertz CT molecular complexity index is 847. The molecule has 0 amide bonds. The number of oxazole rings is 1. The van der Waals surface area contributed by atoms with Crippen molar-refractivity contribution in [1.82, 2.24) is 10.3 Å². The van der Waals surface area contributed by atoms with Gasteiger partial charge in [-0.05, 0) is 30.3 Å².